The minimum absolute atomic E-state index is 0.218. The molecule has 33 heavy (non-hydrogen) atoms. The lowest BCUT2D eigenvalue weighted by molar-refractivity contribution is -0.139. The van der Waals surface area contributed by atoms with Gasteiger partial charge in [-0.05, 0) is 73.9 Å². The number of aliphatic carboxylic acids is 1. The fraction of sp³-hybridized carbons (Fsp3) is 0.480. The minimum atomic E-state index is -0.684. The number of thioether (sulfide) groups is 1. The molecule has 0 amide bonds. The highest BCUT2D eigenvalue weighted by molar-refractivity contribution is 8.01. The van der Waals surface area contributed by atoms with Crippen LogP contribution in [0.15, 0.2) is 46.4 Å². The van der Waals surface area contributed by atoms with Crippen LogP contribution in [-0.4, -0.2) is 58.4 Å². The predicted molar refractivity (Wildman–Crippen MR) is 134 cm³/mol. The van der Waals surface area contributed by atoms with Crippen molar-refractivity contribution in [2.75, 3.05) is 32.5 Å². The molecule has 8 heteroatoms. The summed E-state index contributed by atoms with van der Waals surface area (Å²) in [5.41, 5.74) is 2.27. The van der Waals surface area contributed by atoms with Crippen LogP contribution in [0.25, 0.3) is 10.9 Å². The Balaban J connectivity index is 1.31. The minimum Gasteiger partial charge on any atom is -0.497 e. The molecule has 0 unspecified atom stereocenters. The van der Waals surface area contributed by atoms with Gasteiger partial charge in [0.2, 0.25) is 0 Å². The van der Waals surface area contributed by atoms with Crippen LogP contribution >= 0.6 is 23.1 Å². The number of aryl methyl sites for hydroxylation is 1. The Labute approximate surface area is 203 Å². The van der Waals surface area contributed by atoms with Gasteiger partial charge in [-0.2, -0.15) is 0 Å². The molecule has 6 nitrogen and oxygen atoms in total. The third-order valence-electron chi connectivity index (χ3n) is 6.52. The van der Waals surface area contributed by atoms with E-state index in [-0.39, 0.29) is 12.3 Å². The van der Waals surface area contributed by atoms with Crippen LogP contribution < -0.4 is 4.74 Å². The molecule has 2 atom stereocenters. The molecule has 0 aliphatic carbocycles. The third-order valence-corrected chi connectivity index (χ3v) is 8.46. The van der Waals surface area contributed by atoms with Crippen molar-refractivity contribution in [3.8, 4) is 5.75 Å². The number of nitrogens with zero attached hydrogens (tertiary/aromatic N) is 3. The Morgan fingerprint density at radius 3 is 2.97 bits per heavy atom. The molecule has 1 N–H and O–H groups in total. The van der Waals surface area contributed by atoms with E-state index in [1.807, 2.05) is 29.9 Å². The van der Waals surface area contributed by atoms with Crippen LogP contribution in [0.3, 0.4) is 0 Å². The normalized spacial score (nSPS) is 19.1. The fourth-order valence-electron chi connectivity index (χ4n) is 4.82. The van der Waals surface area contributed by atoms with Gasteiger partial charge in [0.25, 0.3) is 0 Å². The van der Waals surface area contributed by atoms with Crippen molar-refractivity contribution >= 4 is 40.0 Å². The van der Waals surface area contributed by atoms with Gasteiger partial charge in [0.1, 0.15) is 10.1 Å². The highest BCUT2D eigenvalue weighted by atomic mass is 32.2. The number of ether oxygens (including phenoxy) is 1. The zero-order valence-electron chi connectivity index (χ0n) is 19.0. The van der Waals surface area contributed by atoms with Gasteiger partial charge in [-0.25, -0.2) is 4.98 Å². The number of carboxylic acids is 1. The van der Waals surface area contributed by atoms with Crippen LogP contribution in [0.1, 0.15) is 31.2 Å². The molecule has 2 aromatic heterocycles. The number of fused-ring (bicyclic) bond motifs is 1. The van der Waals surface area contributed by atoms with Gasteiger partial charge in [0, 0.05) is 48.4 Å². The van der Waals surface area contributed by atoms with Crippen LogP contribution in [0.5, 0.6) is 5.75 Å². The van der Waals surface area contributed by atoms with Crippen LogP contribution in [0, 0.1) is 11.8 Å². The van der Waals surface area contributed by atoms with Crippen molar-refractivity contribution in [2.24, 2.45) is 11.8 Å². The van der Waals surface area contributed by atoms with Gasteiger partial charge in [0.05, 0.1) is 12.6 Å². The summed E-state index contributed by atoms with van der Waals surface area (Å²) in [5, 5.41) is 12.6. The van der Waals surface area contributed by atoms with Gasteiger partial charge in [0.15, 0.2) is 0 Å². The molecule has 0 radical (unpaired) electrons. The van der Waals surface area contributed by atoms with E-state index in [1.54, 1.807) is 30.2 Å². The number of pyridine rings is 1. The van der Waals surface area contributed by atoms with Gasteiger partial charge in [-0.15, -0.1) is 11.3 Å². The molecule has 1 fully saturated rings. The number of carboxylic acid groups (broad SMARTS) is 1. The Morgan fingerprint density at radius 1 is 1.27 bits per heavy atom. The third kappa shape index (κ3) is 6.68. The van der Waals surface area contributed by atoms with E-state index >= 15 is 0 Å². The Kier molecular flexibility index (Phi) is 8.58. The number of thiazole rings is 1. The van der Waals surface area contributed by atoms with Gasteiger partial charge < -0.3 is 14.7 Å². The summed E-state index contributed by atoms with van der Waals surface area (Å²) in [6.07, 6.45) is 8.13. The standard InChI is InChI=1S/C25H31N3O3S2/c1-31-21-5-6-23-22(16-21)19(7-9-26-23)4-2-3-18-8-11-28(17-20(18)15-24(29)30)12-14-33-25-27-10-13-32-25/h5-7,9-10,13,16,18,20H,2-4,8,11-12,14-15,17H2,1H3,(H,29,30)/t18-,20+/m1/s1. The summed E-state index contributed by atoms with van der Waals surface area (Å²) in [7, 11) is 1.68. The van der Waals surface area contributed by atoms with Gasteiger partial charge in [-0.3, -0.25) is 9.78 Å². The van der Waals surface area contributed by atoms with Crippen molar-refractivity contribution < 1.29 is 14.6 Å². The zero-order valence-corrected chi connectivity index (χ0v) is 20.6. The highest BCUT2D eigenvalue weighted by Gasteiger charge is 2.30. The van der Waals surface area contributed by atoms with Crippen molar-refractivity contribution in [3.63, 3.8) is 0 Å². The summed E-state index contributed by atoms with van der Waals surface area (Å²) < 4.78 is 6.50. The quantitative estimate of drug-likeness (QED) is 0.373. The number of carbonyl (C=O) groups is 1. The molecule has 3 aromatic rings. The maximum absolute atomic E-state index is 11.5. The number of piperidine rings is 1. The monoisotopic (exact) mass is 485 g/mol. The Morgan fingerprint density at radius 2 is 2.18 bits per heavy atom. The lowest BCUT2D eigenvalue weighted by Crippen LogP contribution is -2.42. The maximum atomic E-state index is 11.5. The van der Waals surface area contributed by atoms with Crippen molar-refractivity contribution in [1.82, 2.24) is 14.9 Å². The van der Waals surface area contributed by atoms with Gasteiger partial charge >= 0.3 is 5.97 Å². The average molecular weight is 486 g/mol. The van der Waals surface area contributed by atoms with E-state index in [2.05, 4.69) is 27.0 Å². The van der Waals surface area contributed by atoms with Crippen molar-refractivity contribution in [1.29, 1.82) is 0 Å². The number of aromatic nitrogens is 2. The largest absolute Gasteiger partial charge is 0.497 e. The second-order valence-electron chi connectivity index (χ2n) is 8.60. The van der Waals surface area contributed by atoms with Gasteiger partial charge in [-0.1, -0.05) is 11.8 Å². The molecule has 4 rings (SSSR count). The smallest absolute Gasteiger partial charge is 0.303 e. The molecule has 0 saturated carbocycles. The molecular weight excluding hydrogens is 454 g/mol. The average Bonchev–Trinajstić information content (AvgIpc) is 3.33. The van der Waals surface area contributed by atoms with Crippen LogP contribution in [-0.2, 0) is 11.2 Å². The van der Waals surface area contributed by atoms with Crippen LogP contribution in [0.2, 0.25) is 0 Å². The first-order valence-corrected chi connectivity index (χ1v) is 13.4. The SMILES string of the molecule is COc1ccc2nccc(CCC[C@@H]3CCN(CCSc4nccs4)C[C@@H]3CC(=O)O)c2c1. The van der Waals surface area contributed by atoms with Crippen molar-refractivity contribution in [2.45, 2.75) is 36.4 Å². The number of likely N-dealkylation sites (tertiary alicyclic amines) is 1. The summed E-state index contributed by atoms with van der Waals surface area (Å²) >= 11 is 3.46. The first kappa shape index (κ1) is 24.0. The first-order chi connectivity index (χ1) is 16.1. The number of hydrogen-bond acceptors (Lipinski definition) is 7. The van der Waals surface area contributed by atoms with E-state index < -0.39 is 5.97 Å². The van der Waals surface area contributed by atoms with E-state index in [4.69, 9.17) is 4.74 Å². The number of benzene rings is 1. The Hall–Kier alpha value is -2.16. The lowest BCUT2D eigenvalue weighted by Gasteiger charge is -2.38. The second kappa shape index (κ2) is 11.8. The van der Waals surface area contributed by atoms with E-state index in [0.29, 0.717) is 5.92 Å². The van der Waals surface area contributed by atoms with Crippen LogP contribution in [0.4, 0.5) is 0 Å². The predicted octanol–water partition coefficient (Wildman–Crippen LogP) is 5.23. The maximum Gasteiger partial charge on any atom is 0.303 e. The number of hydrogen-bond donors (Lipinski definition) is 1. The summed E-state index contributed by atoms with van der Waals surface area (Å²) in [6, 6.07) is 8.11. The highest BCUT2D eigenvalue weighted by Crippen LogP contribution is 2.32. The number of methoxy groups -OCH3 is 1. The fourth-order valence-corrected chi connectivity index (χ4v) is 6.53. The molecule has 1 aliphatic rings. The number of rotatable bonds is 11. The molecule has 3 heterocycles. The summed E-state index contributed by atoms with van der Waals surface area (Å²) in [5.74, 6) is 1.84. The Bertz CT molecular complexity index is 1040. The van der Waals surface area contributed by atoms with Crippen molar-refractivity contribution in [3.05, 3.63) is 47.6 Å². The molecule has 1 aliphatic heterocycles. The molecule has 0 spiro atoms. The zero-order chi connectivity index (χ0) is 23.0. The summed E-state index contributed by atoms with van der Waals surface area (Å²) in [6.45, 7) is 2.91. The molecule has 1 saturated heterocycles. The van der Waals surface area contributed by atoms with E-state index in [0.717, 1.165) is 72.1 Å². The topological polar surface area (TPSA) is 75.5 Å². The first-order valence-electron chi connectivity index (χ1n) is 11.5. The lowest BCUT2D eigenvalue weighted by atomic mass is 9.80. The molecule has 0 bridgehead atoms. The molecular formula is C25H31N3O3S2. The molecule has 176 valence electrons. The second-order valence-corrected chi connectivity index (χ2v) is 10.8. The molecule has 1 aromatic carbocycles. The van der Waals surface area contributed by atoms with E-state index in [9.17, 15) is 9.90 Å². The summed E-state index contributed by atoms with van der Waals surface area (Å²) in [4.78, 5) is 22.8. The van der Waals surface area contributed by atoms with E-state index in [1.165, 1.54) is 5.56 Å².